The van der Waals surface area contributed by atoms with Crippen molar-refractivity contribution in [3.8, 4) is 0 Å². The maximum absolute atomic E-state index is 12.3. The molecule has 0 bridgehead atoms. The summed E-state index contributed by atoms with van der Waals surface area (Å²) in [5, 5.41) is 2.71. The Hall–Kier alpha value is -3.83. The average molecular weight is 583 g/mol. The molecule has 0 radical (unpaired) electrons. The van der Waals surface area contributed by atoms with Crippen LogP contribution in [0.5, 0.6) is 0 Å². The van der Waals surface area contributed by atoms with E-state index in [4.69, 9.17) is 18.9 Å². The highest BCUT2D eigenvalue weighted by Crippen LogP contribution is 2.37. The fourth-order valence-corrected chi connectivity index (χ4v) is 4.37. The molecule has 0 aromatic carbocycles. The van der Waals surface area contributed by atoms with Crippen LogP contribution in [0.1, 0.15) is 73.3 Å². The van der Waals surface area contributed by atoms with Crippen molar-refractivity contribution in [2.24, 2.45) is 0 Å². The Bertz CT molecular complexity index is 1260. The van der Waals surface area contributed by atoms with Crippen LogP contribution in [0, 0.1) is 0 Å². The molecule has 0 spiro atoms. The summed E-state index contributed by atoms with van der Waals surface area (Å²) in [5.41, 5.74) is 3.65. The lowest BCUT2D eigenvalue weighted by atomic mass is 9.95. The second-order valence-electron chi connectivity index (χ2n) is 11.4. The topological polar surface area (TPSA) is 129 Å². The molecule has 11 heteroatoms. The van der Waals surface area contributed by atoms with Crippen LogP contribution in [0.4, 0.5) is 10.6 Å². The van der Waals surface area contributed by atoms with E-state index < -0.39 is 11.6 Å². The zero-order chi connectivity index (χ0) is 30.7. The Balaban J connectivity index is 1.48. The molecule has 2 aromatic heterocycles. The normalized spacial score (nSPS) is 14.6. The van der Waals surface area contributed by atoms with Crippen molar-refractivity contribution >= 4 is 30.4 Å². The summed E-state index contributed by atoms with van der Waals surface area (Å²) in [6.07, 6.45) is 8.67. The zero-order valence-corrected chi connectivity index (χ0v) is 25.3. The molecule has 1 aliphatic rings. The zero-order valence-electron chi connectivity index (χ0n) is 25.3. The number of ether oxygens (including phenoxy) is 4. The molecule has 3 rings (SSSR count). The highest BCUT2D eigenvalue weighted by Gasteiger charge is 2.27. The number of amides is 2. The number of pyridine rings is 2. The Kier molecular flexibility index (Phi) is 12.0. The minimum absolute atomic E-state index is 0.0734. The lowest BCUT2D eigenvalue weighted by Crippen LogP contribution is -2.36. The molecular weight excluding hydrogens is 540 g/mol. The number of hydrogen-bond acceptors (Lipinski definition) is 9. The third-order valence-electron chi connectivity index (χ3n) is 6.31. The van der Waals surface area contributed by atoms with Gasteiger partial charge in [-0.1, -0.05) is 12.2 Å². The van der Waals surface area contributed by atoms with Crippen molar-refractivity contribution in [2.75, 3.05) is 45.3 Å². The van der Waals surface area contributed by atoms with Crippen LogP contribution >= 0.6 is 0 Å². The third kappa shape index (κ3) is 10.2. The third-order valence-corrected chi connectivity index (χ3v) is 6.31. The molecule has 1 unspecified atom stereocenters. The van der Waals surface area contributed by atoms with Gasteiger partial charge in [0, 0.05) is 26.0 Å². The van der Waals surface area contributed by atoms with E-state index >= 15 is 0 Å². The van der Waals surface area contributed by atoms with Gasteiger partial charge < -0.3 is 29.2 Å². The van der Waals surface area contributed by atoms with Crippen molar-refractivity contribution in [1.82, 2.24) is 14.9 Å². The highest BCUT2D eigenvalue weighted by molar-refractivity contribution is 5.87. The average Bonchev–Trinajstić information content (AvgIpc) is 3.35. The summed E-state index contributed by atoms with van der Waals surface area (Å²) in [4.78, 5) is 45.7. The molecule has 1 atom stereocenters. The van der Waals surface area contributed by atoms with Gasteiger partial charge in [-0.2, -0.15) is 0 Å². The van der Waals surface area contributed by atoms with E-state index in [9.17, 15) is 14.4 Å². The summed E-state index contributed by atoms with van der Waals surface area (Å²) in [5.74, 6) is 0.148. The number of nitrogens with zero attached hydrogens (tertiary/aromatic N) is 3. The first-order chi connectivity index (χ1) is 20.0. The maximum Gasteiger partial charge on any atom is 0.410 e. The fourth-order valence-electron chi connectivity index (χ4n) is 4.37. The van der Waals surface area contributed by atoms with Crippen LogP contribution in [0.25, 0.3) is 6.08 Å². The fraction of sp³-hybridized carbons (Fsp3) is 0.516. The van der Waals surface area contributed by atoms with Crippen LogP contribution in [0.15, 0.2) is 30.6 Å². The van der Waals surface area contributed by atoms with Crippen LogP contribution in [0.3, 0.4) is 0 Å². The Morgan fingerprint density at radius 1 is 1.07 bits per heavy atom. The number of carbonyl (C=O) groups is 3. The van der Waals surface area contributed by atoms with E-state index in [2.05, 4.69) is 15.3 Å². The number of fused-ring (bicyclic) bond motifs is 1. The molecule has 228 valence electrons. The van der Waals surface area contributed by atoms with Crippen LogP contribution in [-0.2, 0) is 36.6 Å². The first kappa shape index (κ1) is 32.7. The number of carbonyl (C=O) groups excluding carboxylic acids is 3. The van der Waals surface area contributed by atoms with Crippen molar-refractivity contribution in [2.45, 2.75) is 65.1 Å². The lowest BCUT2D eigenvalue weighted by molar-refractivity contribution is -0.105. The number of anilines is 1. The summed E-state index contributed by atoms with van der Waals surface area (Å²) in [7, 11) is 1.67. The summed E-state index contributed by atoms with van der Waals surface area (Å²) < 4.78 is 21.8. The second kappa shape index (κ2) is 15.4. The van der Waals surface area contributed by atoms with Gasteiger partial charge in [-0.3, -0.25) is 4.79 Å². The van der Waals surface area contributed by atoms with Gasteiger partial charge in [0.25, 0.3) is 0 Å². The number of likely N-dealkylation sites (N-methyl/N-ethyl adjacent to an activating group) is 1. The molecule has 42 heavy (non-hydrogen) atoms. The predicted molar refractivity (Wildman–Crippen MR) is 158 cm³/mol. The number of aromatic nitrogens is 2. The molecule has 0 fully saturated rings. The van der Waals surface area contributed by atoms with Gasteiger partial charge in [0.05, 0.1) is 32.5 Å². The molecule has 0 aliphatic heterocycles. The van der Waals surface area contributed by atoms with Crippen molar-refractivity contribution in [3.05, 3.63) is 58.6 Å². The van der Waals surface area contributed by atoms with Crippen LogP contribution in [-0.4, -0.2) is 85.1 Å². The lowest BCUT2D eigenvalue weighted by Gasteiger charge is -2.24. The quantitative estimate of drug-likeness (QED) is 0.196. The number of esters is 1. The Labute approximate surface area is 247 Å². The standard InChI is InChI=1S/C31H42N4O7/c1-21(2)41-29(37)27-17-23-15-24(16-25(23)19-32-27)26-14-22(18-33-28(26)34-20-36)8-7-10-39-12-13-40-11-9-35(6)30(38)42-31(3,4)5/h7-8,14,17-21,24H,9-13,15-16H2,1-6H3,(H,33,34,36)/b8-7+. The molecule has 11 nitrogen and oxygen atoms in total. The van der Waals surface area contributed by atoms with Gasteiger partial charge in [0.1, 0.15) is 17.1 Å². The summed E-state index contributed by atoms with van der Waals surface area (Å²) in [6.45, 7) is 11.1. The molecule has 0 saturated heterocycles. The summed E-state index contributed by atoms with van der Waals surface area (Å²) in [6, 6.07) is 3.81. The summed E-state index contributed by atoms with van der Waals surface area (Å²) >= 11 is 0. The van der Waals surface area contributed by atoms with E-state index in [1.807, 2.05) is 39.0 Å². The van der Waals surface area contributed by atoms with Crippen LogP contribution < -0.4 is 5.32 Å². The van der Waals surface area contributed by atoms with E-state index in [0.717, 1.165) is 28.7 Å². The van der Waals surface area contributed by atoms with E-state index in [-0.39, 0.29) is 18.1 Å². The van der Waals surface area contributed by atoms with E-state index in [1.54, 1.807) is 39.4 Å². The first-order valence-electron chi connectivity index (χ1n) is 14.1. The highest BCUT2D eigenvalue weighted by atomic mass is 16.6. The van der Waals surface area contributed by atoms with Crippen molar-refractivity contribution in [3.63, 3.8) is 0 Å². The van der Waals surface area contributed by atoms with Gasteiger partial charge in [-0.25, -0.2) is 19.6 Å². The van der Waals surface area contributed by atoms with Crippen molar-refractivity contribution in [1.29, 1.82) is 0 Å². The molecule has 2 aromatic rings. The van der Waals surface area contributed by atoms with Gasteiger partial charge in [0.15, 0.2) is 0 Å². The smallest absolute Gasteiger partial charge is 0.410 e. The van der Waals surface area contributed by atoms with Crippen LogP contribution in [0.2, 0.25) is 0 Å². The largest absolute Gasteiger partial charge is 0.458 e. The van der Waals surface area contributed by atoms with Gasteiger partial charge in [0.2, 0.25) is 6.41 Å². The second-order valence-corrected chi connectivity index (χ2v) is 11.4. The van der Waals surface area contributed by atoms with E-state index in [1.165, 1.54) is 4.90 Å². The first-order valence-corrected chi connectivity index (χ1v) is 14.1. The number of nitrogens with one attached hydrogen (secondary N) is 1. The van der Waals surface area contributed by atoms with E-state index in [0.29, 0.717) is 57.3 Å². The minimum Gasteiger partial charge on any atom is -0.458 e. The monoisotopic (exact) mass is 582 g/mol. The van der Waals surface area contributed by atoms with Gasteiger partial charge >= 0.3 is 12.1 Å². The predicted octanol–water partition coefficient (Wildman–Crippen LogP) is 4.41. The molecule has 1 aliphatic carbocycles. The number of hydrogen-bond donors (Lipinski definition) is 1. The molecule has 2 amide bonds. The Morgan fingerprint density at radius 3 is 2.52 bits per heavy atom. The molecule has 0 saturated carbocycles. The SMILES string of the molecule is CC(C)OC(=O)c1cc2c(cn1)CC(c1cc(/C=C/COCCOCCN(C)C(=O)OC(C)(C)C)cnc1NC=O)C2. The number of rotatable bonds is 14. The van der Waals surface area contributed by atoms with Gasteiger partial charge in [-0.15, -0.1) is 0 Å². The molecular formula is C31H42N4O7. The maximum atomic E-state index is 12.3. The minimum atomic E-state index is -0.532. The van der Waals surface area contributed by atoms with Gasteiger partial charge in [-0.05, 0) is 87.8 Å². The Morgan fingerprint density at radius 2 is 1.81 bits per heavy atom. The molecule has 1 N–H and O–H groups in total. The molecule has 2 heterocycles. The van der Waals surface area contributed by atoms with Crippen molar-refractivity contribution < 1.29 is 33.3 Å².